The van der Waals surface area contributed by atoms with Gasteiger partial charge in [0.1, 0.15) is 5.75 Å². The second-order valence-corrected chi connectivity index (χ2v) is 4.09. The van der Waals surface area contributed by atoms with Crippen molar-refractivity contribution in [2.24, 2.45) is 0 Å². The number of amides is 1. The molecular weight excluding hydrogens is 258 g/mol. The van der Waals surface area contributed by atoms with E-state index in [1.165, 1.54) is 6.08 Å². The highest BCUT2D eigenvalue weighted by Gasteiger charge is 2.01. The molecule has 0 bridgehead atoms. The Morgan fingerprint density at radius 2 is 2.10 bits per heavy atom. The molecule has 2 N–H and O–H groups in total. The van der Waals surface area contributed by atoms with Gasteiger partial charge in [-0.05, 0) is 25.5 Å². The number of carboxylic acids is 1. The lowest BCUT2D eigenvalue weighted by Crippen LogP contribution is -2.22. The lowest BCUT2D eigenvalue weighted by Gasteiger charge is -2.06. The van der Waals surface area contributed by atoms with Crippen LogP contribution in [0.4, 0.5) is 0 Å². The number of rotatable bonds is 8. The maximum Gasteiger partial charge on any atom is 0.303 e. The zero-order chi connectivity index (χ0) is 14.8. The van der Waals surface area contributed by atoms with E-state index in [-0.39, 0.29) is 12.3 Å². The van der Waals surface area contributed by atoms with Crippen LogP contribution < -0.4 is 10.1 Å². The predicted octanol–water partition coefficient (Wildman–Crippen LogP) is 2.08. The van der Waals surface area contributed by atoms with E-state index in [4.69, 9.17) is 9.84 Å². The van der Waals surface area contributed by atoms with Crippen molar-refractivity contribution in [3.05, 3.63) is 35.9 Å². The quantitative estimate of drug-likeness (QED) is 0.563. The van der Waals surface area contributed by atoms with Crippen molar-refractivity contribution >= 4 is 18.0 Å². The summed E-state index contributed by atoms with van der Waals surface area (Å²) in [5, 5.41) is 11.1. The highest BCUT2D eigenvalue weighted by molar-refractivity contribution is 5.92. The van der Waals surface area contributed by atoms with Gasteiger partial charge in [-0.3, -0.25) is 9.59 Å². The fraction of sp³-hybridized carbons (Fsp3) is 0.333. The molecule has 0 heterocycles. The Hall–Kier alpha value is -2.30. The van der Waals surface area contributed by atoms with Crippen LogP contribution in [0.2, 0.25) is 0 Å². The van der Waals surface area contributed by atoms with Gasteiger partial charge in [0, 0.05) is 24.6 Å². The average molecular weight is 277 g/mol. The summed E-state index contributed by atoms with van der Waals surface area (Å²) in [4.78, 5) is 21.9. The molecule has 0 fully saturated rings. The molecule has 0 aromatic heterocycles. The average Bonchev–Trinajstić information content (AvgIpc) is 2.43. The molecule has 5 heteroatoms. The molecule has 108 valence electrons. The van der Waals surface area contributed by atoms with Gasteiger partial charge in [-0.1, -0.05) is 18.2 Å². The third-order valence-electron chi connectivity index (χ3n) is 2.50. The molecule has 0 aliphatic heterocycles. The Morgan fingerprint density at radius 3 is 2.80 bits per heavy atom. The number of hydrogen-bond donors (Lipinski definition) is 2. The zero-order valence-corrected chi connectivity index (χ0v) is 11.5. The monoisotopic (exact) mass is 277 g/mol. The van der Waals surface area contributed by atoms with Crippen molar-refractivity contribution < 1.29 is 19.4 Å². The zero-order valence-electron chi connectivity index (χ0n) is 11.5. The summed E-state index contributed by atoms with van der Waals surface area (Å²) < 4.78 is 5.45. The summed E-state index contributed by atoms with van der Waals surface area (Å²) >= 11 is 0. The fourth-order valence-electron chi connectivity index (χ4n) is 1.58. The van der Waals surface area contributed by atoms with Crippen LogP contribution in [0.25, 0.3) is 6.08 Å². The third-order valence-corrected chi connectivity index (χ3v) is 2.50. The molecule has 20 heavy (non-hydrogen) atoms. The molecule has 0 aliphatic carbocycles. The summed E-state index contributed by atoms with van der Waals surface area (Å²) in [7, 11) is 0. The van der Waals surface area contributed by atoms with Crippen molar-refractivity contribution in [3.63, 3.8) is 0 Å². The smallest absolute Gasteiger partial charge is 0.303 e. The molecule has 0 aliphatic rings. The van der Waals surface area contributed by atoms with Gasteiger partial charge in [0.25, 0.3) is 0 Å². The van der Waals surface area contributed by atoms with Gasteiger partial charge in [0.05, 0.1) is 6.61 Å². The lowest BCUT2D eigenvalue weighted by molar-refractivity contribution is -0.137. The minimum Gasteiger partial charge on any atom is -0.493 e. The van der Waals surface area contributed by atoms with E-state index in [9.17, 15) is 9.59 Å². The Bertz CT molecular complexity index is 483. The van der Waals surface area contributed by atoms with Gasteiger partial charge in [-0.25, -0.2) is 0 Å². The predicted molar refractivity (Wildman–Crippen MR) is 76.5 cm³/mol. The number of aliphatic carboxylic acids is 1. The SMILES string of the molecule is CCOc1ccccc1C=CC(=O)NCCCC(=O)O. The molecule has 0 atom stereocenters. The van der Waals surface area contributed by atoms with E-state index in [1.54, 1.807) is 6.08 Å². The van der Waals surface area contributed by atoms with E-state index in [2.05, 4.69) is 5.32 Å². The van der Waals surface area contributed by atoms with Crippen molar-refractivity contribution in [3.8, 4) is 5.75 Å². The summed E-state index contributed by atoms with van der Waals surface area (Å²) in [6.07, 6.45) is 3.57. The van der Waals surface area contributed by atoms with Gasteiger partial charge in [0.2, 0.25) is 5.91 Å². The van der Waals surface area contributed by atoms with Crippen LogP contribution in [0.15, 0.2) is 30.3 Å². The molecule has 1 amide bonds. The Labute approximate surface area is 118 Å². The molecule has 1 aromatic rings. The maximum atomic E-state index is 11.5. The van der Waals surface area contributed by atoms with Crippen LogP contribution in [-0.2, 0) is 9.59 Å². The van der Waals surface area contributed by atoms with E-state index in [1.807, 2.05) is 31.2 Å². The summed E-state index contributed by atoms with van der Waals surface area (Å²) in [6, 6.07) is 7.44. The second kappa shape index (κ2) is 8.74. The normalized spacial score (nSPS) is 10.4. The highest BCUT2D eigenvalue weighted by Crippen LogP contribution is 2.19. The van der Waals surface area contributed by atoms with E-state index in [0.717, 1.165) is 11.3 Å². The van der Waals surface area contributed by atoms with Crippen LogP contribution in [0.3, 0.4) is 0 Å². The number of carbonyl (C=O) groups is 2. The number of nitrogens with one attached hydrogen (secondary N) is 1. The highest BCUT2D eigenvalue weighted by atomic mass is 16.5. The number of carbonyl (C=O) groups excluding carboxylic acids is 1. The molecule has 0 saturated heterocycles. The van der Waals surface area contributed by atoms with Gasteiger partial charge in [0.15, 0.2) is 0 Å². The molecule has 0 unspecified atom stereocenters. The first-order valence-corrected chi connectivity index (χ1v) is 6.53. The minimum atomic E-state index is -0.861. The van der Waals surface area contributed by atoms with E-state index < -0.39 is 5.97 Å². The number of benzene rings is 1. The molecule has 1 rings (SSSR count). The van der Waals surface area contributed by atoms with Gasteiger partial charge in [-0.2, -0.15) is 0 Å². The van der Waals surface area contributed by atoms with Crippen molar-refractivity contribution in [2.75, 3.05) is 13.2 Å². The first-order valence-electron chi connectivity index (χ1n) is 6.53. The minimum absolute atomic E-state index is 0.0527. The standard InChI is InChI=1S/C15H19NO4/c1-2-20-13-7-4-3-6-12(13)9-10-14(17)16-11-5-8-15(18)19/h3-4,6-7,9-10H,2,5,8,11H2,1H3,(H,16,17)(H,18,19). The van der Waals surface area contributed by atoms with Gasteiger partial charge >= 0.3 is 5.97 Å². The number of carboxylic acid groups (broad SMARTS) is 1. The molecule has 1 aromatic carbocycles. The first-order chi connectivity index (χ1) is 9.63. The van der Waals surface area contributed by atoms with Crippen molar-refractivity contribution in [1.82, 2.24) is 5.32 Å². The van der Waals surface area contributed by atoms with E-state index in [0.29, 0.717) is 19.6 Å². The largest absolute Gasteiger partial charge is 0.493 e. The van der Waals surface area contributed by atoms with Crippen LogP contribution >= 0.6 is 0 Å². The van der Waals surface area contributed by atoms with Crippen molar-refractivity contribution in [1.29, 1.82) is 0 Å². The Morgan fingerprint density at radius 1 is 1.35 bits per heavy atom. The van der Waals surface area contributed by atoms with Crippen LogP contribution in [-0.4, -0.2) is 30.1 Å². The molecule has 0 saturated carbocycles. The lowest BCUT2D eigenvalue weighted by atomic mass is 10.2. The Kier molecular flexibility index (Phi) is 6.89. The fourth-order valence-corrected chi connectivity index (χ4v) is 1.58. The molecular formula is C15H19NO4. The van der Waals surface area contributed by atoms with E-state index >= 15 is 0 Å². The number of para-hydroxylation sites is 1. The maximum absolute atomic E-state index is 11.5. The van der Waals surface area contributed by atoms with Crippen LogP contribution in [0.5, 0.6) is 5.75 Å². The van der Waals surface area contributed by atoms with Crippen LogP contribution in [0, 0.1) is 0 Å². The summed E-state index contributed by atoms with van der Waals surface area (Å²) in [5.74, 6) is -0.382. The molecule has 0 spiro atoms. The van der Waals surface area contributed by atoms with Gasteiger partial charge < -0.3 is 15.2 Å². The van der Waals surface area contributed by atoms with Crippen LogP contribution in [0.1, 0.15) is 25.3 Å². The number of ether oxygens (including phenoxy) is 1. The Balaban J connectivity index is 2.46. The molecule has 0 radical (unpaired) electrons. The topological polar surface area (TPSA) is 75.6 Å². The summed E-state index contributed by atoms with van der Waals surface area (Å²) in [5.41, 5.74) is 0.829. The second-order valence-electron chi connectivity index (χ2n) is 4.09. The molecule has 5 nitrogen and oxygen atoms in total. The third kappa shape index (κ3) is 6.04. The first kappa shape index (κ1) is 15.8. The summed E-state index contributed by atoms with van der Waals surface area (Å²) in [6.45, 7) is 2.81. The van der Waals surface area contributed by atoms with Crippen molar-refractivity contribution in [2.45, 2.75) is 19.8 Å². The van der Waals surface area contributed by atoms with Gasteiger partial charge in [-0.15, -0.1) is 0 Å². The number of hydrogen-bond acceptors (Lipinski definition) is 3.